The fraction of sp³-hybridized carbons (Fsp3) is 0.125. The van der Waals surface area contributed by atoms with Crippen molar-refractivity contribution < 1.29 is 9.53 Å². The van der Waals surface area contributed by atoms with Crippen molar-refractivity contribution in [1.29, 1.82) is 0 Å². The SMILES string of the molecule is CCOC(=O)Cn1nc(CP(Br)(c2ccccc2)(c2ccccc2)c2ccccc2)cc1-c1ccc(Cl)cc1. The van der Waals surface area contributed by atoms with Crippen molar-refractivity contribution in [1.82, 2.24) is 9.78 Å². The monoisotopic (exact) mass is 618 g/mol. The second-order valence-electron chi connectivity index (χ2n) is 9.34. The van der Waals surface area contributed by atoms with Gasteiger partial charge in [0.05, 0.1) is 0 Å². The van der Waals surface area contributed by atoms with Crippen molar-refractivity contribution in [3.05, 3.63) is 132 Å². The Labute approximate surface area is 242 Å². The van der Waals surface area contributed by atoms with Crippen LogP contribution in [0.5, 0.6) is 0 Å². The molecule has 0 aliphatic carbocycles. The number of esters is 1. The summed E-state index contributed by atoms with van der Waals surface area (Å²) in [4.78, 5) is 12.6. The standard InChI is InChI=1S/C32H29BrClN2O2P/c1-2-38-32(37)23-36-31(25-18-20-26(34)21-19-25)22-27(35-36)24-39(33,28-12-6-3-7-13-28,29-14-8-4-9-15-29)30-16-10-5-11-17-30/h3-22H,2,23-24H2,1H3. The first kappa shape index (κ1) is 27.3. The van der Waals surface area contributed by atoms with Gasteiger partial charge in [-0.05, 0) is 0 Å². The summed E-state index contributed by atoms with van der Waals surface area (Å²) in [6.45, 7) is 2.14. The minimum atomic E-state index is -3.26. The number of hydrogen-bond donors (Lipinski definition) is 0. The van der Waals surface area contributed by atoms with Crippen LogP contribution in [0, 0.1) is 0 Å². The van der Waals surface area contributed by atoms with Gasteiger partial charge in [0, 0.05) is 0 Å². The van der Waals surface area contributed by atoms with E-state index in [9.17, 15) is 4.79 Å². The molecule has 0 unspecified atom stereocenters. The quantitative estimate of drug-likeness (QED) is 0.131. The van der Waals surface area contributed by atoms with Gasteiger partial charge in [0.2, 0.25) is 0 Å². The molecule has 0 atom stereocenters. The van der Waals surface area contributed by atoms with E-state index in [-0.39, 0.29) is 12.5 Å². The second kappa shape index (κ2) is 11.5. The molecule has 0 amide bonds. The molecule has 0 radical (unpaired) electrons. The Kier molecular flexibility index (Phi) is 8.04. The zero-order chi connectivity index (χ0) is 27.3. The average molecular weight is 620 g/mol. The number of carbonyl (C=O) groups is 1. The van der Waals surface area contributed by atoms with Crippen molar-refractivity contribution >= 4 is 54.3 Å². The number of rotatable bonds is 9. The van der Waals surface area contributed by atoms with E-state index < -0.39 is 5.31 Å². The predicted octanol–water partition coefficient (Wildman–Crippen LogP) is 7.11. The molecule has 4 aromatic carbocycles. The Bertz CT molecular complexity index is 1460. The van der Waals surface area contributed by atoms with E-state index in [1.807, 2.05) is 42.5 Å². The van der Waals surface area contributed by atoms with Crippen molar-refractivity contribution in [2.24, 2.45) is 0 Å². The van der Waals surface area contributed by atoms with Crippen LogP contribution in [0.15, 0.2) is 121 Å². The molecule has 0 N–H and O–H groups in total. The average Bonchev–Trinajstić information content (AvgIpc) is 3.36. The molecule has 1 aromatic heterocycles. The van der Waals surface area contributed by atoms with Gasteiger partial charge in [-0.2, -0.15) is 0 Å². The van der Waals surface area contributed by atoms with Crippen LogP contribution in [0.25, 0.3) is 11.3 Å². The summed E-state index contributed by atoms with van der Waals surface area (Å²) in [5.74, 6) is -0.326. The van der Waals surface area contributed by atoms with Crippen molar-refractivity contribution in [3.8, 4) is 11.3 Å². The van der Waals surface area contributed by atoms with Gasteiger partial charge in [0.15, 0.2) is 0 Å². The summed E-state index contributed by atoms with van der Waals surface area (Å²) in [5, 5.41) is 6.02. The molecule has 0 spiro atoms. The van der Waals surface area contributed by atoms with Gasteiger partial charge >= 0.3 is 243 Å². The maximum absolute atomic E-state index is 12.6. The van der Waals surface area contributed by atoms with Gasteiger partial charge in [0.25, 0.3) is 0 Å². The van der Waals surface area contributed by atoms with E-state index in [4.69, 9.17) is 21.4 Å². The number of benzene rings is 4. The predicted molar refractivity (Wildman–Crippen MR) is 167 cm³/mol. The van der Waals surface area contributed by atoms with E-state index in [1.54, 1.807) is 11.6 Å². The third-order valence-electron chi connectivity index (χ3n) is 6.90. The third-order valence-corrected chi connectivity index (χ3v) is 16.6. The molecule has 0 saturated heterocycles. The van der Waals surface area contributed by atoms with E-state index in [1.165, 1.54) is 15.9 Å². The van der Waals surface area contributed by atoms with Gasteiger partial charge in [-0.3, -0.25) is 0 Å². The summed E-state index contributed by atoms with van der Waals surface area (Å²) in [6, 6.07) is 41.5. The van der Waals surface area contributed by atoms with Gasteiger partial charge in [0.1, 0.15) is 0 Å². The number of nitrogens with zero attached hydrogens (tertiary/aromatic N) is 2. The molecule has 0 saturated carbocycles. The van der Waals surface area contributed by atoms with Crippen LogP contribution in [0.3, 0.4) is 0 Å². The molecule has 5 aromatic rings. The minimum absolute atomic E-state index is 0.0199. The summed E-state index contributed by atoms with van der Waals surface area (Å²) in [7, 11) is 0. The van der Waals surface area contributed by atoms with Crippen LogP contribution in [0.4, 0.5) is 0 Å². The Morgan fingerprint density at radius 2 is 1.31 bits per heavy atom. The first-order valence-corrected chi connectivity index (χ1v) is 17.6. The summed E-state index contributed by atoms with van der Waals surface area (Å²) < 4.78 is 7.01. The molecule has 0 fully saturated rings. The van der Waals surface area contributed by atoms with Gasteiger partial charge in [-0.25, -0.2) is 0 Å². The van der Waals surface area contributed by atoms with Gasteiger partial charge in [-0.1, -0.05) is 0 Å². The number of halogens is 2. The Morgan fingerprint density at radius 3 is 1.77 bits per heavy atom. The molecule has 1 heterocycles. The van der Waals surface area contributed by atoms with Crippen molar-refractivity contribution in [2.45, 2.75) is 19.6 Å². The molecule has 0 aliphatic heterocycles. The van der Waals surface area contributed by atoms with Gasteiger partial charge < -0.3 is 0 Å². The maximum atomic E-state index is 12.6. The van der Waals surface area contributed by atoms with E-state index in [2.05, 4.69) is 94.4 Å². The van der Waals surface area contributed by atoms with Crippen LogP contribution in [0.2, 0.25) is 5.02 Å². The van der Waals surface area contributed by atoms with E-state index in [0.29, 0.717) is 17.8 Å². The molecule has 198 valence electrons. The second-order valence-corrected chi connectivity index (χ2v) is 18.7. The normalized spacial score (nSPS) is 12.4. The first-order chi connectivity index (χ1) is 18.9. The molecule has 0 bridgehead atoms. The number of carbonyl (C=O) groups excluding carboxylic acids is 1. The number of aromatic nitrogens is 2. The van der Waals surface area contributed by atoms with Crippen LogP contribution < -0.4 is 15.9 Å². The molecular formula is C32H29BrClN2O2P. The summed E-state index contributed by atoms with van der Waals surface area (Å²) in [5.41, 5.74) is 2.63. The molecule has 7 heteroatoms. The molecule has 5 rings (SSSR count). The fourth-order valence-electron chi connectivity index (χ4n) is 5.09. The molecule has 39 heavy (non-hydrogen) atoms. The summed E-state index contributed by atoms with van der Waals surface area (Å²) >= 11 is 10.7. The van der Waals surface area contributed by atoms with Crippen LogP contribution >= 0.6 is 32.4 Å². The third kappa shape index (κ3) is 5.32. The number of ether oxygens (including phenoxy) is 1. The molecule has 0 aliphatic rings. The Hall–Kier alpha value is -3.24. The van der Waals surface area contributed by atoms with E-state index in [0.717, 1.165) is 17.0 Å². The first-order valence-electron chi connectivity index (χ1n) is 12.8. The van der Waals surface area contributed by atoms with E-state index >= 15 is 0 Å². The molecule has 4 nitrogen and oxygen atoms in total. The van der Waals surface area contributed by atoms with Crippen molar-refractivity contribution in [3.63, 3.8) is 0 Å². The zero-order valence-corrected chi connectivity index (χ0v) is 24.8. The number of hydrogen-bond acceptors (Lipinski definition) is 3. The topological polar surface area (TPSA) is 44.1 Å². The van der Waals surface area contributed by atoms with Gasteiger partial charge in [-0.15, -0.1) is 0 Å². The summed E-state index contributed by atoms with van der Waals surface area (Å²) in [6.07, 6.45) is 0.611. The fourth-order valence-corrected chi connectivity index (χ4v) is 12.7. The van der Waals surface area contributed by atoms with Crippen LogP contribution in [-0.2, 0) is 22.2 Å². The Morgan fingerprint density at radius 1 is 0.821 bits per heavy atom. The Balaban J connectivity index is 1.74. The molecular weight excluding hydrogens is 591 g/mol. The zero-order valence-electron chi connectivity index (χ0n) is 21.6. The van der Waals surface area contributed by atoms with Crippen molar-refractivity contribution in [2.75, 3.05) is 6.61 Å². The van der Waals surface area contributed by atoms with Crippen LogP contribution in [0.1, 0.15) is 12.6 Å². The van der Waals surface area contributed by atoms with Crippen LogP contribution in [-0.4, -0.2) is 22.4 Å².